The van der Waals surface area contributed by atoms with Crippen molar-refractivity contribution in [2.24, 2.45) is 5.10 Å². The Balaban J connectivity index is 1.80. The first-order valence-electron chi connectivity index (χ1n) is 7.17. The number of halogens is 1. The van der Waals surface area contributed by atoms with E-state index in [1.807, 2.05) is 67.6 Å². The molecule has 0 saturated carbocycles. The van der Waals surface area contributed by atoms with Gasteiger partial charge in [-0.1, -0.05) is 71.8 Å². The van der Waals surface area contributed by atoms with Crippen molar-refractivity contribution in [3.63, 3.8) is 0 Å². The summed E-state index contributed by atoms with van der Waals surface area (Å²) in [6, 6.07) is 19.7. The van der Waals surface area contributed by atoms with Crippen LogP contribution in [0.4, 0.5) is 5.82 Å². The second kappa shape index (κ2) is 7.03. The first kappa shape index (κ1) is 15.2. The van der Waals surface area contributed by atoms with Gasteiger partial charge in [-0.3, -0.25) is 5.43 Å². The number of hydrogen-bond donors (Lipinski definition) is 1. The highest BCUT2D eigenvalue weighted by atomic mass is 35.5. The van der Waals surface area contributed by atoms with Crippen LogP contribution >= 0.6 is 11.6 Å². The van der Waals surface area contributed by atoms with E-state index >= 15 is 0 Å². The fourth-order valence-electron chi connectivity index (χ4n) is 2.08. The number of rotatable bonds is 4. The molecular weight excluding hydrogens is 308 g/mol. The lowest BCUT2D eigenvalue weighted by Gasteiger charge is -2.06. The van der Waals surface area contributed by atoms with Crippen LogP contribution in [0.5, 0.6) is 0 Å². The molecule has 5 heteroatoms. The summed E-state index contributed by atoms with van der Waals surface area (Å²) in [5.41, 5.74) is 6.88. The average molecular weight is 323 g/mol. The minimum absolute atomic E-state index is 0.367. The van der Waals surface area contributed by atoms with Gasteiger partial charge in [0.05, 0.1) is 6.21 Å². The zero-order valence-electron chi connectivity index (χ0n) is 12.6. The quantitative estimate of drug-likeness (QED) is 0.566. The van der Waals surface area contributed by atoms with Crippen molar-refractivity contribution in [2.75, 3.05) is 5.43 Å². The van der Waals surface area contributed by atoms with Crippen molar-refractivity contribution in [3.8, 4) is 11.1 Å². The number of nitrogens with zero attached hydrogens (tertiary/aromatic N) is 3. The van der Waals surface area contributed by atoms with Crippen LogP contribution in [0.15, 0.2) is 65.8 Å². The van der Waals surface area contributed by atoms with E-state index in [0.29, 0.717) is 11.0 Å². The molecule has 0 aliphatic rings. The van der Waals surface area contributed by atoms with Gasteiger partial charge in [0.2, 0.25) is 0 Å². The number of hydrazone groups is 1. The summed E-state index contributed by atoms with van der Waals surface area (Å²) in [5.74, 6) is 0.539. The van der Waals surface area contributed by atoms with E-state index in [4.69, 9.17) is 11.6 Å². The molecule has 0 spiro atoms. The maximum atomic E-state index is 6.16. The van der Waals surface area contributed by atoms with Gasteiger partial charge >= 0.3 is 0 Å². The van der Waals surface area contributed by atoms with Crippen molar-refractivity contribution < 1.29 is 0 Å². The second-order valence-electron chi connectivity index (χ2n) is 5.08. The SMILES string of the molecule is Cc1ccc(-c2cc(N/N=C/c3ccccc3)nnc2Cl)cc1. The number of aromatic nitrogens is 2. The van der Waals surface area contributed by atoms with Crippen LogP contribution in [0.3, 0.4) is 0 Å². The van der Waals surface area contributed by atoms with Gasteiger partial charge < -0.3 is 0 Å². The highest BCUT2D eigenvalue weighted by Crippen LogP contribution is 2.27. The Morgan fingerprint density at radius 2 is 1.74 bits per heavy atom. The molecule has 2 aromatic carbocycles. The molecule has 1 N–H and O–H groups in total. The molecule has 0 aliphatic heterocycles. The Morgan fingerprint density at radius 3 is 2.48 bits per heavy atom. The van der Waals surface area contributed by atoms with Gasteiger partial charge in [0.15, 0.2) is 11.0 Å². The van der Waals surface area contributed by atoms with E-state index < -0.39 is 0 Å². The molecular formula is C18H15ClN4. The number of nitrogens with one attached hydrogen (secondary N) is 1. The van der Waals surface area contributed by atoms with E-state index in [9.17, 15) is 0 Å². The van der Waals surface area contributed by atoms with Crippen LogP contribution in [0.25, 0.3) is 11.1 Å². The van der Waals surface area contributed by atoms with Gasteiger partial charge in [-0.15, -0.1) is 10.2 Å². The second-order valence-corrected chi connectivity index (χ2v) is 5.44. The van der Waals surface area contributed by atoms with E-state index in [-0.39, 0.29) is 0 Å². The first-order chi connectivity index (χ1) is 11.2. The molecule has 0 unspecified atom stereocenters. The Hall–Kier alpha value is -2.72. The van der Waals surface area contributed by atoms with Crippen LogP contribution in [-0.4, -0.2) is 16.4 Å². The van der Waals surface area contributed by atoms with E-state index in [1.54, 1.807) is 6.21 Å². The largest absolute Gasteiger partial charge is 0.260 e. The predicted octanol–water partition coefficient (Wildman–Crippen LogP) is 4.55. The molecule has 3 rings (SSSR count). The maximum Gasteiger partial charge on any atom is 0.169 e. The summed E-state index contributed by atoms with van der Waals surface area (Å²) >= 11 is 6.16. The molecule has 0 aliphatic carbocycles. The van der Waals surface area contributed by atoms with Crippen molar-refractivity contribution >= 4 is 23.6 Å². The first-order valence-corrected chi connectivity index (χ1v) is 7.54. The minimum atomic E-state index is 0.367. The molecule has 0 amide bonds. The Morgan fingerprint density at radius 1 is 1.00 bits per heavy atom. The van der Waals surface area contributed by atoms with Crippen molar-refractivity contribution in [3.05, 3.63) is 76.9 Å². The molecule has 1 heterocycles. The summed E-state index contributed by atoms with van der Waals surface area (Å²) < 4.78 is 0. The van der Waals surface area contributed by atoms with Crippen molar-refractivity contribution in [1.29, 1.82) is 0 Å². The molecule has 4 nitrogen and oxygen atoms in total. The van der Waals surface area contributed by atoms with Gasteiger partial charge in [0.25, 0.3) is 0 Å². The highest BCUT2D eigenvalue weighted by molar-refractivity contribution is 6.32. The zero-order valence-corrected chi connectivity index (χ0v) is 13.3. The normalized spacial score (nSPS) is 10.9. The molecule has 0 radical (unpaired) electrons. The molecule has 0 bridgehead atoms. The van der Waals surface area contributed by atoms with Gasteiger partial charge in [0.1, 0.15) is 0 Å². The lowest BCUT2D eigenvalue weighted by atomic mass is 10.1. The van der Waals surface area contributed by atoms with Gasteiger partial charge in [-0.2, -0.15) is 5.10 Å². The summed E-state index contributed by atoms with van der Waals surface area (Å²) in [6.07, 6.45) is 1.72. The fraction of sp³-hybridized carbons (Fsp3) is 0.0556. The standard InChI is InChI=1S/C18H15ClN4/c1-13-7-9-15(10-8-13)16-11-17(22-23-18(16)19)21-20-12-14-5-3-2-4-6-14/h2-12H,1H3,(H,21,22)/b20-12+. The zero-order chi connectivity index (χ0) is 16.1. The maximum absolute atomic E-state index is 6.16. The van der Waals surface area contributed by atoms with Crippen LogP contribution in [0.1, 0.15) is 11.1 Å². The summed E-state index contributed by atoms with van der Waals surface area (Å²) in [4.78, 5) is 0. The summed E-state index contributed by atoms with van der Waals surface area (Å²) in [6.45, 7) is 2.04. The lowest BCUT2D eigenvalue weighted by molar-refractivity contribution is 1.02. The van der Waals surface area contributed by atoms with Gasteiger partial charge in [-0.05, 0) is 24.1 Å². The Labute approximate surface area is 139 Å². The fourth-order valence-corrected chi connectivity index (χ4v) is 2.28. The van der Waals surface area contributed by atoms with Gasteiger partial charge in [-0.25, -0.2) is 0 Å². The molecule has 114 valence electrons. The van der Waals surface area contributed by atoms with Crippen LogP contribution < -0.4 is 5.43 Å². The van der Waals surface area contributed by atoms with Crippen LogP contribution in [0, 0.1) is 6.92 Å². The molecule has 0 fully saturated rings. The van der Waals surface area contributed by atoms with Crippen molar-refractivity contribution in [2.45, 2.75) is 6.92 Å². The number of hydrogen-bond acceptors (Lipinski definition) is 4. The monoisotopic (exact) mass is 322 g/mol. The molecule has 1 aromatic heterocycles. The van der Waals surface area contributed by atoms with Crippen molar-refractivity contribution in [1.82, 2.24) is 10.2 Å². The van der Waals surface area contributed by atoms with Gasteiger partial charge in [0, 0.05) is 5.56 Å². The Bertz CT molecular complexity index is 814. The van der Waals surface area contributed by atoms with E-state index in [1.165, 1.54) is 5.56 Å². The van der Waals surface area contributed by atoms with E-state index in [2.05, 4.69) is 20.7 Å². The Kier molecular flexibility index (Phi) is 4.64. The smallest absolute Gasteiger partial charge is 0.169 e. The number of aryl methyl sites for hydroxylation is 1. The predicted molar refractivity (Wildman–Crippen MR) is 94.9 cm³/mol. The topological polar surface area (TPSA) is 50.2 Å². The summed E-state index contributed by atoms with van der Waals surface area (Å²) in [5, 5.41) is 12.5. The number of anilines is 1. The third-order valence-electron chi connectivity index (χ3n) is 3.30. The molecule has 3 aromatic rings. The minimum Gasteiger partial charge on any atom is -0.260 e. The molecule has 0 atom stereocenters. The third kappa shape index (κ3) is 3.93. The number of benzene rings is 2. The lowest BCUT2D eigenvalue weighted by Crippen LogP contribution is -1.97. The van der Waals surface area contributed by atoms with Crippen LogP contribution in [0.2, 0.25) is 5.15 Å². The average Bonchev–Trinajstić information content (AvgIpc) is 2.58. The third-order valence-corrected chi connectivity index (χ3v) is 3.58. The summed E-state index contributed by atoms with van der Waals surface area (Å²) in [7, 11) is 0. The van der Waals surface area contributed by atoms with Crippen LogP contribution in [-0.2, 0) is 0 Å². The molecule has 23 heavy (non-hydrogen) atoms. The highest BCUT2D eigenvalue weighted by Gasteiger charge is 2.07. The van der Waals surface area contributed by atoms with E-state index in [0.717, 1.165) is 16.7 Å². The molecule has 0 saturated heterocycles.